The van der Waals surface area contributed by atoms with E-state index in [1.54, 1.807) is 41.0 Å². The van der Waals surface area contributed by atoms with Gasteiger partial charge in [-0.05, 0) is 25.5 Å². The van der Waals surface area contributed by atoms with E-state index in [0.29, 0.717) is 17.4 Å². The van der Waals surface area contributed by atoms with Crippen molar-refractivity contribution in [1.29, 1.82) is 0 Å². The predicted molar refractivity (Wildman–Crippen MR) is 99.1 cm³/mol. The summed E-state index contributed by atoms with van der Waals surface area (Å²) in [6.45, 7) is 2.22. The van der Waals surface area contributed by atoms with E-state index in [0.717, 1.165) is 0 Å². The third-order valence-corrected chi connectivity index (χ3v) is 5.41. The highest BCUT2D eigenvalue weighted by Gasteiger charge is 2.46. The lowest BCUT2D eigenvalue weighted by Crippen LogP contribution is -2.48. The number of rotatable bonds is 4. The van der Waals surface area contributed by atoms with Crippen molar-refractivity contribution >= 4 is 23.7 Å². The van der Waals surface area contributed by atoms with Crippen LogP contribution in [0.4, 0.5) is 0 Å². The highest BCUT2D eigenvalue weighted by Crippen LogP contribution is 2.37. The smallest absolute Gasteiger partial charge is 0.336 e. The molecule has 0 saturated carbocycles. The second-order valence-electron chi connectivity index (χ2n) is 7.03. The Hall–Kier alpha value is -3.49. The number of aromatic nitrogens is 2. The molecule has 3 amide bonds. The Labute approximate surface area is 166 Å². The van der Waals surface area contributed by atoms with E-state index in [-0.39, 0.29) is 29.9 Å². The minimum Gasteiger partial charge on any atom is -0.336 e. The van der Waals surface area contributed by atoms with Gasteiger partial charge in [0.05, 0.1) is 17.0 Å². The minimum atomic E-state index is -0.752. The SMILES string of the molecule is CCN1C(=O)CC[C@H](C(=O)ON2C(=O)c3ccccc3C2=O)[C@H]1c1nccn1C. The zero-order valence-electron chi connectivity index (χ0n) is 16.1. The third-order valence-electron chi connectivity index (χ3n) is 5.41. The summed E-state index contributed by atoms with van der Waals surface area (Å²) >= 11 is 0. The molecule has 4 rings (SSSR count). The van der Waals surface area contributed by atoms with Crippen LogP contribution in [0.25, 0.3) is 0 Å². The van der Waals surface area contributed by atoms with Crippen molar-refractivity contribution in [1.82, 2.24) is 19.5 Å². The number of fused-ring (bicyclic) bond motifs is 1. The standard InChI is InChI=1S/C20H20N4O5/c1-3-23-15(25)9-8-14(16(23)17-21-10-11-22(17)2)20(28)29-24-18(26)12-6-4-5-7-13(12)19(24)27/h4-7,10-11,14,16H,3,8-9H2,1-2H3/t14-,16-/m0/s1. The van der Waals surface area contributed by atoms with Gasteiger partial charge in [-0.25, -0.2) is 9.78 Å². The highest BCUT2D eigenvalue weighted by atomic mass is 16.7. The van der Waals surface area contributed by atoms with E-state index >= 15 is 0 Å². The van der Waals surface area contributed by atoms with Crippen molar-refractivity contribution in [2.45, 2.75) is 25.8 Å². The molecule has 1 aromatic carbocycles. The molecule has 0 bridgehead atoms. The first-order valence-corrected chi connectivity index (χ1v) is 9.40. The lowest BCUT2D eigenvalue weighted by atomic mass is 9.88. The van der Waals surface area contributed by atoms with Gasteiger partial charge in [-0.3, -0.25) is 14.4 Å². The summed E-state index contributed by atoms with van der Waals surface area (Å²) in [5.74, 6) is -2.37. The van der Waals surface area contributed by atoms with E-state index in [9.17, 15) is 19.2 Å². The first-order chi connectivity index (χ1) is 13.9. The molecule has 1 fully saturated rings. The number of hydrogen-bond acceptors (Lipinski definition) is 6. The zero-order valence-corrected chi connectivity index (χ0v) is 16.1. The van der Waals surface area contributed by atoms with Crippen molar-refractivity contribution in [2.75, 3.05) is 6.54 Å². The molecule has 0 N–H and O–H groups in total. The average molecular weight is 396 g/mol. The van der Waals surface area contributed by atoms with Gasteiger partial charge >= 0.3 is 5.97 Å². The molecule has 0 aliphatic carbocycles. The van der Waals surface area contributed by atoms with Crippen molar-refractivity contribution in [2.24, 2.45) is 13.0 Å². The molecule has 29 heavy (non-hydrogen) atoms. The Morgan fingerprint density at radius 1 is 1.17 bits per heavy atom. The first-order valence-electron chi connectivity index (χ1n) is 9.40. The Bertz CT molecular complexity index is 979. The molecular formula is C20H20N4O5. The predicted octanol–water partition coefficient (Wildman–Crippen LogP) is 1.47. The fraction of sp³-hybridized carbons (Fsp3) is 0.350. The highest BCUT2D eigenvalue weighted by molar-refractivity contribution is 6.20. The fourth-order valence-corrected chi connectivity index (χ4v) is 3.96. The lowest BCUT2D eigenvalue weighted by molar-refractivity contribution is -0.179. The summed E-state index contributed by atoms with van der Waals surface area (Å²) < 4.78 is 1.74. The monoisotopic (exact) mass is 396 g/mol. The van der Waals surface area contributed by atoms with Crippen LogP contribution in [0.2, 0.25) is 0 Å². The number of carbonyl (C=O) groups is 4. The molecule has 3 heterocycles. The molecule has 150 valence electrons. The molecule has 1 aromatic heterocycles. The quantitative estimate of drug-likeness (QED) is 0.726. The van der Waals surface area contributed by atoms with Gasteiger partial charge in [0.2, 0.25) is 5.91 Å². The Balaban J connectivity index is 1.62. The van der Waals surface area contributed by atoms with Crippen LogP contribution < -0.4 is 0 Å². The molecule has 0 spiro atoms. The topological polar surface area (TPSA) is 102 Å². The lowest BCUT2D eigenvalue weighted by Gasteiger charge is -2.39. The maximum Gasteiger partial charge on any atom is 0.338 e. The van der Waals surface area contributed by atoms with Crippen LogP contribution in [0.3, 0.4) is 0 Å². The number of likely N-dealkylation sites (tertiary alicyclic amines) is 1. The van der Waals surface area contributed by atoms with Gasteiger partial charge in [0.1, 0.15) is 11.9 Å². The molecule has 0 radical (unpaired) electrons. The number of imide groups is 1. The minimum absolute atomic E-state index is 0.0784. The van der Waals surface area contributed by atoms with E-state index in [4.69, 9.17) is 4.84 Å². The van der Waals surface area contributed by atoms with E-state index < -0.39 is 29.7 Å². The Kier molecular flexibility index (Phi) is 4.65. The van der Waals surface area contributed by atoms with Gasteiger partial charge in [0.25, 0.3) is 11.8 Å². The van der Waals surface area contributed by atoms with Crippen LogP contribution in [-0.4, -0.2) is 49.7 Å². The van der Waals surface area contributed by atoms with Gasteiger partial charge < -0.3 is 14.3 Å². The first kappa shape index (κ1) is 18.9. The summed E-state index contributed by atoms with van der Waals surface area (Å²) in [7, 11) is 1.78. The van der Waals surface area contributed by atoms with Gasteiger partial charge in [0, 0.05) is 32.4 Å². The largest absolute Gasteiger partial charge is 0.338 e. The summed E-state index contributed by atoms with van der Waals surface area (Å²) in [5, 5.41) is 0.509. The van der Waals surface area contributed by atoms with Crippen LogP contribution in [-0.2, 0) is 21.5 Å². The van der Waals surface area contributed by atoms with Crippen molar-refractivity contribution in [3.05, 3.63) is 53.6 Å². The average Bonchev–Trinajstić information content (AvgIpc) is 3.24. The molecule has 2 aliphatic rings. The zero-order chi connectivity index (χ0) is 20.7. The van der Waals surface area contributed by atoms with Gasteiger partial charge in [-0.15, -0.1) is 0 Å². The number of hydrogen-bond donors (Lipinski definition) is 0. The molecule has 9 nitrogen and oxygen atoms in total. The number of benzene rings is 1. The van der Waals surface area contributed by atoms with Gasteiger partial charge in [-0.1, -0.05) is 17.2 Å². The number of imidazole rings is 1. The van der Waals surface area contributed by atoms with Crippen LogP contribution in [0.5, 0.6) is 0 Å². The maximum absolute atomic E-state index is 13.0. The number of carbonyl (C=O) groups excluding carboxylic acids is 4. The van der Waals surface area contributed by atoms with Crippen molar-refractivity contribution in [3.63, 3.8) is 0 Å². The Morgan fingerprint density at radius 2 is 1.83 bits per heavy atom. The van der Waals surface area contributed by atoms with E-state index in [2.05, 4.69) is 4.98 Å². The van der Waals surface area contributed by atoms with Gasteiger partial charge in [-0.2, -0.15) is 0 Å². The fourth-order valence-electron chi connectivity index (χ4n) is 3.96. The summed E-state index contributed by atoms with van der Waals surface area (Å²) in [5.41, 5.74) is 0.389. The van der Waals surface area contributed by atoms with Crippen LogP contribution in [0.1, 0.15) is 52.3 Å². The number of nitrogens with zero attached hydrogens (tertiary/aromatic N) is 4. The molecule has 9 heteroatoms. The molecule has 2 atom stereocenters. The van der Waals surface area contributed by atoms with Crippen molar-refractivity contribution in [3.8, 4) is 0 Å². The second kappa shape index (κ2) is 7.16. The van der Waals surface area contributed by atoms with Crippen molar-refractivity contribution < 1.29 is 24.0 Å². The summed E-state index contributed by atoms with van der Waals surface area (Å²) in [6.07, 6.45) is 3.75. The van der Waals surface area contributed by atoms with Crippen LogP contribution in [0, 0.1) is 5.92 Å². The molecule has 1 saturated heterocycles. The molecule has 2 aliphatic heterocycles. The maximum atomic E-state index is 13.0. The Morgan fingerprint density at radius 3 is 2.38 bits per heavy atom. The summed E-state index contributed by atoms with van der Waals surface area (Å²) in [4.78, 5) is 61.7. The van der Waals surface area contributed by atoms with Crippen LogP contribution in [0.15, 0.2) is 36.7 Å². The summed E-state index contributed by atoms with van der Waals surface area (Å²) in [6, 6.07) is 5.66. The second-order valence-corrected chi connectivity index (χ2v) is 7.03. The number of amides is 3. The van der Waals surface area contributed by atoms with Gasteiger partial charge in [0.15, 0.2) is 0 Å². The molecule has 2 aromatic rings. The number of hydroxylamine groups is 2. The molecule has 0 unspecified atom stereocenters. The van der Waals surface area contributed by atoms with E-state index in [1.807, 2.05) is 6.92 Å². The number of piperidine rings is 1. The normalized spacial score (nSPS) is 21.5. The van der Waals surface area contributed by atoms with E-state index in [1.165, 1.54) is 12.1 Å². The number of aryl methyl sites for hydroxylation is 1. The molecular weight excluding hydrogens is 376 g/mol. The van der Waals surface area contributed by atoms with Crippen LogP contribution >= 0.6 is 0 Å². The third kappa shape index (κ3) is 2.98.